The average molecular weight is 425 g/mol. The van der Waals surface area contributed by atoms with Gasteiger partial charge < -0.3 is 20.3 Å². The van der Waals surface area contributed by atoms with Gasteiger partial charge in [-0.1, -0.05) is 0 Å². The minimum atomic E-state index is 0. The summed E-state index contributed by atoms with van der Waals surface area (Å²) in [7, 11) is 6.17. The molecule has 0 amide bonds. The number of morpholine rings is 1. The number of ether oxygens (including phenoxy) is 1. The summed E-state index contributed by atoms with van der Waals surface area (Å²) in [6, 6.07) is 0.614. The number of rotatable bonds is 7. The van der Waals surface area contributed by atoms with Gasteiger partial charge in [0.05, 0.1) is 13.2 Å². The van der Waals surface area contributed by atoms with Crippen LogP contribution in [0.2, 0.25) is 0 Å². The second kappa shape index (κ2) is 10.6. The Balaban J connectivity index is 0.00000242. The zero-order valence-corrected chi connectivity index (χ0v) is 16.5. The largest absolute Gasteiger partial charge is 0.379 e. The van der Waals surface area contributed by atoms with Crippen molar-refractivity contribution in [2.24, 2.45) is 10.9 Å². The van der Waals surface area contributed by atoms with Crippen molar-refractivity contribution in [3.05, 3.63) is 0 Å². The van der Waals surface area contributed by atoms with E-state index in [9.17, 15) is 0 Å². The molecule has 7 heteroatoms. The van der Waals surface area contributed by atoms with Crippen LogP contribution in [0.5, 0.6) is 0 Å². The highest BCUT2D eigenvalue weighted by Gasteiger charge is 2.32. The number of aliphatic imine (C=N–C) groups is 1. The molecule has 2 fully saturated rings. The maximum absolute atomic E-state index is 5.36. The molecule has 1 saturated heterocycles. The van der Waals surface area contributed by atoms with E-state index in [0.717, 1.165) is 57.8 Å². The van der Waals surface area contributed by atoms with E-state index in [0.29, 0.717) is 6.04 Å². The van der Waals surface area contributed by atoms with Crippen LogP contribution >= 0.6 is 24.0 Å². The number of nitrogens with zero attached hydrogens (tertiary/aromatic N) is 3. The molecule has 0 radical (unpaired) electrons. The fourth-order valence-electron chi connectivity index (χ4n) is 2.83. The van der Waals surface area contributed by atoms with Crippen LogP contribution in [0.4, 0.5) is 0 Å². The van der Waals surface area contributed by atoms with Crippen molar-refractivity contribution in [3.8, 4) is 0 Å². The number of nitrogens with one attached hydrogen (secondary N) is 2. The Hall–Kier alpha value is -0.120. The second-order valence-electron chi connectivity index (χ2n) is 6.20. The molecule has 1 aliphatic carbocycles. The number of hydrogen-bond acceptors (Lipinski definition) is 4. The first-order valence-corrected chi connectivity index (χ1v) is 8.11. The van der Waals surface area contributed by atoms with Crippen LogP contribution in [0, 0.1) is 5.92 Å². The van der Waals surface area contributed by atoms with E-state index in [4.69, 9.17) is 4.74 Å². The molecule has 0 spiro atoms. The highest BCUT2D eigenvalue weighted by Crippen LogP contribution is 2.34. The summed E-state index contributed by atoms with van der Waals surface area (Å²) in [6.45, 7) is 6.74. The van der Waals surface area contributed by atoms with Crippen molar-refractivity contribution in [3.63, 3.8) is 0 Å². The molecule has 6 nitrogen and oxygen atoms in total. The van der Waals surface area contributed by atoms with E-state index in [-0.39, 0.29) is 24.0 Å². The molecule has 2 aliphatic rings. The highest BCUT2D eigenvalue weighted by atomic mass is 127. The summed E-state index contributed by atoms with van der Waals surface area (Å²) >= 11 is 0. The molecule has 2 N–H and O–H groups in total. The Morgan fingerprint density at radius 3 is 2.50 bits per heavy atom. The topological polar surface area (TPSA) is 52.1 Å². The number of hydrogen-bond donors (Lipinski definition) is 2. The monoisotopic (exact) mass is 425 g/mol. The molecule has 22 heavy (non-hydrogen) atoms. The summed E-state index contributed by atoms with van der Waals surface area (Å²) in [5.41, 5.74) is 0. The number of halogens is 1. The summed E-state index contributed by atoms with van der Waals surface area (Å²) in [4.78, 5) is 9.07. The molecule has 0 bridgehead atoms. The Labute approximate surface area is 152 Å². The van der Waals surface area contributed by atoms with E-state index in [1.54, 1.807) is 0 Å². The first kappa shape index (κ1) is 19.9. The molecule has 1 heterocycles. The molecule has 1 atom stereocenters. The van der Waals surface area contributed by atoms with Gasteiger partial charge in [-0.25, -0.2) is 0 Å². The van der Waals surface area contributed by atoms with Gasteiger partial charge in [-0.2, -0.15) is 0 Å². The van der Waals surface area contributed by atoms with E-state index in [1.807, 2.05) is 7.05 Å². The van der Waals surface area contributed by atoms with Gasteiger partial charge in [0.1, 0.15) is 0 Å². The predicted molar refractivity (Wildman–Crippen MR) is 102 cm³/mol. The lowest BCUT2D eigenvalue weighted by molar-refractivity contribution is 0.0389. The minimum Gasteiger partial charge on any atom is -0.379 e. The third-order valence-corrected chi connectivity index (χ3v) is 4.36. The Bertz CT molecular complexity index is 328. The van der Waals surface area contributed by atoms with Gasteiger partial charge in [0.15, 0.2) is 5.96 Å². The van der Waals surface area contributed by atoms with Crippen molar-refractivity contribution in [1.29, 1.82) is 0 Å². The van der Waals surface area contributed by atoms with Crippen LogP contribution in [0.1, 0.15) is 12.8 Å². The molecule has 1 unspecified atom stereocenters. The summed E-state index contributed by atoms with van der Waals surface area (Å²) < 4.78 is 5.36. The van der Waals surface area contributed by atoms with Gasteiger partial charge in [-0.05, 0) is 32.9 Å². The fraction of sp³-hybridized carbons (Fsp3) is 0.933. The Morgan fingerprint density at radius 2 is 1.95 bits per heavy atom. The zero-order valence-electron chi connectivity index (χ0n) is 14.2. The van der Waals surface area contributed by atoms with E-state index >= 15 is 0 Å². The smallest absolute Gasteiger partial charge is 0.191 e. The maximum Gasteiger partial charge on any atom is 0.191 e. The lowest BCUT2D eigenvalue weighted by Crippen LogP contribution is -2.48. The predicted octanol–water partition coefficient (Wildman–Crippen LogP) is 0.442. The fourth-order valence-corrected chi connectivity index (χ4v) is 2.83. The molecule has 0 aromatic heterocycles. The second-order valence-corrected chi connectivity index (χ2v) is 6.20. The first-order chi connectivity index (χ1) is 10.2. The van der Waals surface area contributed by atoms with Crippen molar-refractivity contribution >= 4 is 29.9 Å². The third-order valence-electron chi connectivity index (χ3n) is 4.36. The van der Waals surface area contributed by atoms with E-state index < -0.39 is 0 Å². The summed E-state index contributed by atoms with van der Waals surface area (Å²) in [5, 5.41) is 6.87. The van der Waals surface area contributed by atoms with Crippen LogP contribution in [-0.2, 0) is 4.74 Å². The van der Waals surface area contributed by atoms with Crippen molar-refractivity contribution < 1.29 is 4.74 Å². The third kappa shape index (κ3) is 6.97. The van der Waals surface area contributed by atoms with Gasteiger partial charge in [-0.3, -0.25) is 9.89 Å². The summed E-state index contributed by atoms with van der Waals surface area (Å²) in [5.74, 6) is 1.77. The van der Waals surface area contributed by atoms with Crippen molar-refractivity contribution in [2.75, 3.05) is 67.1 Å². The van der Waals surface area contributed by atoms with Crippen LogP contribution < -0.4 is 10.6 Å². The van der Waals surface area contributed by atoms with Crippen LogP contribution in [0.15, 0.2) is 4.99 Å². The van der Waals surface area contributed by atoms with Crippen LogP contribution in [-0.4, -0.2) is 88.9 Å². The van der Waals surface area contributed by atoms with Gasteiger partial charge in [0.2, 0.25) is 0 Å². The van der Waals surface area contributed by atoms with E-state index in [2.05, 4.69) is 39.5 Å². The lowest BCUT2D eigenvalue weighted by Gasteiger charge is -2.27. The standard InChI is InChI=1S/C15H31N5O.HI/c1-16-15(17-6-7-20-8-10-21-11-9-20)18-12-14(19(2)3)13-4-5-13;/h13-14H,4-12H2,1-3H3,(H2,16,17,18);1H. The quantitative estimate of drug-likeness (QED) is 0.352. The van der Waals surface area contributed by atoms with Crippen LogP contribution in [0.3, 0.4) is 0 Å². The van der Waals surface area contributed by atoms with Gasteiger partial charge in [0.25, 0.3) is 0 Å². The average Bonchev–Trinajstić information content (AvgIpc) is 3.31. The van der Waals surface area contributed by atoms with Crippen LogP contribution in [0.25, 0.3) is 0 Å². The molecule has 1 aliphatic heterocycles. The molecule has 2 rings (SSSR count). The van der Waals surface area contributed by atoms with Crippen molar-refractivity contribution in [1.82, 2.24) is 20.4 Å². The minimum absolute atomic E-state index is 0. The van der Waals surface area contributed by atoms with Gasteiger partial charge in [-0.15, -0.1) is 24.0 Å². The molecule has 0 aromatic rings. The van der Waals surface area contributed by atoms with E-state index in [1.165, 1.54) is 12.8 Å². The Morgan fingerprint density at radius 1 is 1.27 bits per heavy atom. The van der Waals surface area contributed by atoms with Crippen molar-refractivity contribution in [2.45, 2.75) is 18.9 Å². The Kier molecular flexibility index (Phi) is 9.62. The molecular weight excluding hydrogens is 393 g/mol. The maximum atomic E-state index is 5.36. The molecule has 0 aromatic carbocycles. The van der Waals surface area contributed by atoms with Gasteiger partial charge in [0, 0.05) is 45.8 Å². The zero-order chi connectivity index (χ0) is 15.1. The highest BCUT2D eigenvalue weighted by molar-refractivity contribution is 14.0. The SMILES string of the molecule is CN=C(NCCN1CCOCC1)NCC(C1CC1)N(C)C.I. The first-order valence-electron chi connectivity index (χ1n) is 8.11. The molecular formula is C15H32IN5O. The number of guanidine groups is 1. The normalized spacial score (nSPS) is 21.4. The summed E-state index contributed by atoms with van der Waals surface area (Å²) in [6.07, 6.45) is 2.74. The van der Waals surface area contributed by atoms with Gasteiger partial charge >= 0.3 is 0 Å². The lowest BCUT2D eigenvalue weighted by atomic mass is 10.1. The number of likely N-dealkylation sites (N-methyl/N-ethyl adjacent to an activating group) is 1. The molecule has 130 valence electrons. The molecule has 1 saturated carbocycles.